The molecular formula is C26H32F6N6O. The molecule has 0 radical (unpaired) electrons. The number of carbonyl (C=O) groups excluding carboxylic acids is 1. The molecule has 1 heterocycles. The van der Waals surface area contributed by atoms with E-state index in [-0.39, 0.29) is 30.5 Å². The van der Waals surface area contributed by atoms with Gasteiger partial charge in [0.1, 0.15) is 6.04 Å². The van der Waals surface area contributed by atoms with Crippen LogP contribution < -0.4 is 5.73 Å². The van der Waals surface area contributed by atoms with E-state index >= 15 is 0 Å². The zero-order valence-electron chi connectivity index (χ0n) is 21.9. The molecule has 214 valence electrons. The van der Waals surface area contributed by atoms with Crippen molar-refractivity contribution < 1.29 is 31.1 Å². The Bertz CT molecular complexity index is 1110. The van der Waals surface area contributed by atoms with Crippen LogP contribution in [0.1, 0.15) is 28.3 Å². The molecule has 2 aromatic rings. The van der Waals surface area contributed by atoms with Gasteiger partial charge in [-0.1, -0.05) is 30.3 Å². The van der Waals surface area contributed by atoms with Gasteiger partial charge in [-0.3, -0.25) is 14.7 Å². The number of halogens is 6. The SMILES string of the molecule is CN(C)/N=C(/N)N1CCN(C(C(=O)N(C)CCc2cc(C(F)(F)F)cc(C(F)(F)F)c2)c2ccccc2)CC1. The first-order chi connectivity index (χ1) is 18.2. The molecule has 1 fully saturated rings. The van der Waals surface area contributed by atoms with Gasteiger partial charge in [-0.2, -0.15) is 26.3 Å². The molecule has 1 aliphatic heterocycles. The highest BCUT2D eigenvalue weighted by atomic mass is 19.4. The number of rotatable bonds is 7. The Balaban J connectivity index is 1.78. The molecule has 13 heteroatoms. The van der Waals surface area contributed by atoms with Gasteiger partial charge in [0.25, 0.3) is 0 Å². The molecular weight excluding hydrogens is 526 g/mol. The standard InChI is InChI=1S/C26H32F6N6O/c1-35(2)34-24(33)38-13-11-37(12-14-38)22(19-7-5-4-6-8-19)23(39)36(3)10-9-18-15-20(25(27,28)29)17-21(16-18)26(30,31)32/h4-8,15-17,22H,9-14H2,1-3H3,(H2,33,34). The van der Waals surface area contributed by atoms with Crippen LogP contribution in [0.3, 0.4) is 0 Å². The van der Waals surface area contributed by atoms with Gasteiger partial charge >= 0.3 is 12.4 Å². The highest BCUT2D eigenvalue weighted by Gasteiger charge is 2.37. The fourth-order valence-electron chi connectivity index (χ4n) is 4.40. The fraction of sp³-hybridized carbons (Fsp3) is 0.462. The van der Waals surface area contributed by atoms with Gasteiger partial charge in [-0.05, 0) is 35.7 Å². The molecule has 0 spiro atoms. The number of nitrogens with two attached hydrogens (primary N) is 1. The van der Waals surface area contributed by atoms with Crippen LogP contribution in [-0.2, 0) is 23.6 Å². The first-order valence-corrected chi connectivity index (χ1v) is 12.3. The normalized spacial score (nSPS) is 16.2. The van der Waals surface area contributed by atoms with Crippen LogP contribution in [-0.4, -0.2) is 85.4 Å². The van der Waals surface area contributed by atoms with Gasteiger partial charge in [-0.15, -0.1) is 5.10 Å². The number of amides is 1. The zero-order valence-corrected chi connectivity index (χ0v) is 21.9. The van der Waals surface area contributed by atoms with E-state index < -0.39 is 29.5 Å². The summed E-state index contributed by atoms with van der Waals surface area (Å²) in [6.07, 6.45) is -10.0. The number of benzene rings is 2. The molecule has 0 bridgehead atoms. The van der Waals surface area contributed by atoms with Crippen molar-refractivity contribution in [3.05, 3.63) is 70.8 Å². The van der Waals surface area contributed by atoms with Crippen molar-refractivity contribution in [2.24, 2.45) is 10.8 Å². The van der Waals surface area contributed by atoms with Crippen LogP contribution in [0.25, 0.3) is 0 Å². The molecule has 7 nitrogen and oxygen atoms in total. The minimum absolute atomic E-state index is 0.0663. The van der Waals surface area contributed by atoms with E-state index in [1.54, 1.807) is 31.2 Å². The van der Waals surface area contributed by atoms with E-state index in [9.17, 15) is 31.1 Å². The summed E-state index contributed by atoms with van der Waals surface area (Å²) in [7, 11) is 5.01. The number of likely N-dealkylation sites (N-methyl/N-ethyl adjacent to an activating group) is 1. The van der Waals surface area contributed by atoms with Crippen LogP contribution in [0.2, 0.25) is 0 Å². The summed E-state index contributed by atoms with van der Waals surface area (Å²) < 4.78 is 79.5. The number of hydrogen-bond donors (Lipinski definition) is 1. The van der Waals surface area contributed by atoms with E-state index in [1.807, 2.05) is 28.0 Å². The van der Waals surface area contributed by atoms with Crippen molar-refractivity contribution in [1.29, 1.82) is 0 Å². The lowest BCUT2D eigenvalue weighted by molar-refractivity contribution is -0.143. The quantitative estimate of drug-likeness (QED) is 0.242. The third kappa shape index (κ3) is 8.01. The summed E-state index contributed by atoms with van der Waals surface area (Å²) in [5.41, 5.74) is 3.88. The van der Waals surface area contributed by atoms with Gasteiger partial charge in [-0.25, -0.2) is 0 Å². The van der Waals surface area contributed by atoms with Crippen LogP contribution in [0, 0.1) is 0 Å². The Morgan fingerprint density at radius 2 is 1.46 bits per heavy atom. The lowest BCUT2D eigenvalue weighted by Crippen LogP contribution is -2.54. The highest BCUT2D eigenvalue weighted by molar-refractivity contribution is 5.83. The van der Waals surface area contributed by atoms with Crippen LogP contribution in [0.4, 0.5) is 26.3 Å². The van der Waals surface area contributed by atoms with Gasteiger partial charge in [0.05, 0.1) is 11.1 Å². The Hall–Kier alpha value is -3.48. The van der Waals surface area contributed by atoms with Gasteiger partial charge in [0.15, 0.2) is 0 Å². The third-order valence-electron chi connectivity index (χ3n) is 6.41. The van der Waals surface area contributed by atoms with Crippen molar-refractivity contribution in [3.63, 3.8) is 0 Å². The maximum absolute atomic E-state index is 13.6. The van der Waals surface area contributed by atoms with Crippen LogP contribution in [0.15, 0.2) is 53.6 Å². The minimum Gasteiger partial charge on any atom is -0.368 e. The van der Waals surface area contributed by atoms with Crippen LogP contribution in [0.5, 0.6) is 0 Å². The Morgan fingerprint density at radius 1 is 0.923 bits per heavy atom. The van der Waals surface area contributed by atoms with E-state index in [1.165, 1.54) is 11.9 Å². The second-order valence-corrected chi connectivity index (χ2v) is 9.57. The van der Waals surface area contributed by atoms with E-state index in [2.05, 4.69) is 5.10 Å². The maximum Gasteiger partial charge on any atom is 0.416 e. The number of hydrogen-bond acceptors (Lipinski definition) is 4. The Morgan fingerprint density at radius 3 is 1.95 bits per heavy atom. The molecule has 3 rings (SSSR count). The predicted octanol–water partition coefficient (Wildman–Crippen LogP) is 3.88. The zero-order chi connectivity index (χ0) is 29.0. The van der Waals surface area contributed by atoms with E-state index in [0.29, 0.717) is 44.3 Å². The number of alkyl halides is 6. The monoisotopic (exact) mass is 558 g/mol. The molecule has 0 saturated carbocycles. The molecule has 0 aromatic heterocycles. The number of hydrazone groups is 1. The van der Waals surface area contributed by atoms with Crippen molar-refractivity contribution in [3.8, 4) is 0 Å². The number of guanidine groups is 1. The molecule has 1 saturated heterocycles. The molecule has 0 aliphatic carbocycles. The maximum atomic E-state index is 13.6. The van der Waals surface area contributed by atoms with Crippen molar-refractivity contribution in [2.75, 3.05) is 53.9 Å². The summed E-state index contributed by atoms with van der Waals surface area (Å²) >= 11 is 0. The van der Waals surface area contributed by atoms with E-state index in [4.69, 9.17) is 5.73 Å². The van der Waals surface area contributed by atoms with Gasteiger partial charge in [0.2, 0.25) is 11.9 Å². The average Bonchev–Trinajstić information content (AvgIpc) is 2.86. The molecule has 2 aromatic carbocycles. The number of nitrogens with zero attached hydrogens (tertiary/aromatic N) is 5. The summed E-state index contributed by atoms with van der Waals surface area (Å²) in [6.45, 7) is 1.96. The predicted molar refractivity (Wildman–Crippen MR) is 135 cm³/mol. The first-order valence-electron chi connectivity index (χ1n) is 12.3. The second-order valence-electron chi connectivity index (χ2n) is 9.57. The molecule has 39 heavy (non-hydrogen) atoms. The smallest absolute Gasteiger partial charge is 0.368 e. The Labute approximate surface area is 223 Å². The van der Waals surface area contributed by atoms with E-state index in [0.717, 1.165) is 5.56 Å². The Kier molecular flexibility index (Phi) is 9.36. The summed E-state index contributed by atoms with van der Waals surface area (Å²) in [4.78, 5) is 18.9. The van der Waals surface area contributed by atoms with Gasteiger partial charge in [0, 0.05) is 53.9 Å². The molecule has 2 N–H and O–H groups in total. The van der Waals surface area contributed by atoms with Crippen LogP contribution >= 0.6 is 0 Å². The number of piperazine rings is 1. The molecule has 1 unspecified atom stereocenters. The summed E-state index contributed by atoms with van der Waals surface area (Å²) in [6, 6.07) is 9.85. The fourth-order valence-corrected chi connectivity index (χ4v) is 4.40. The lowest BCUT2D eigenvalue weighted by atomic mass is 10.0. The summed E-state index contributed by atoms with van der Waals surface area (Å²) in [5.74, 6) is 0.0475. The highest BCUT2D eigenvalue weighted by Crippen LogP contribution is 2.36. The lowest BCUT2D eigenvalue weighted by Gasteiger charge is -2.40. The largest absolute Gasteiger partial charge is 0.416 e. The minimum atomic E-state index is -4.93. The first kappa shape index (κ1) is 30.1. The third-order valence-corrected chi connectivity index (χ3v) is 6.41. The van der Waals surface area contributed by atoms with Gasteiger partial charge < -0.3 is 15.5 Å². The summed E-state index contributed by atoms with van der Waals surface area (Å²) in [5, 5.41) is 5.80. The van der Waals surface area contributed by atoms with Crippen molar-refractivity contribution in [1.82, 2.24) is 19.7 Å². The molecule has 1 atom stereocenters. The second kappa shape index (κ2) is 12.1. The molecule has 1 aliphatic rings. The number of carbonyl (C=O) groups is 1. The van der Waals surface area contributed by atoms with Crippen molar-refractivity contribution in [2.45, 2.75) is 24.8 Å². The topological polar surface area (TPSA) is 68.4 Å². The molecule has 1 amide bonds. The van der Waals surface area contributed by atoms with Crippen molar-refractivity contribution >= 4 is 11.9 Å². The average molecular weight is 559 g/mol.